The van der Waals surface area contributed by atoms with Crippen molar-refractivity contribution in [2.24, 2.45) is 17.8 Å². The number of pyridine rings is 1. The molecule has 3 aromatic rings. The van der Waals surface area contributed by atoms with Crippen LogP contribution in [0.25, 0.3) is 0 Å². The number of aliphatic hydroxyl groups is 1. The maximum Gasteiger partial charge on any atom is 0.250 e. The number of aromatic nitrogens is 2. The number of hydrogen-bond acceptors (Lipinski definition) is 6. The standard InChI is InChI=1S/C28H32N4O4/c33-16-23-22-15-31-24(7-4-8-25(31)34)26(22)32(14-21-17-36-18-29-21)27(23)28(35)30-11-9-20(10-12-30)13-19-5-2-1-3-6-19/h1-8,17-18,20,22-23,26-27,33H,9-16H2/t22-,23-,26+,27-/m0/s1. The summed E-state index contributed by atoms with van der Waals surface area (Å²) in [5.41, 5.74) is 2.96. The lowest BCUT2D eigenvalue weighted by molar-refractivity contribution is -0.140. The van der Waals surface area contributed by atoms with Crippen LogP contribution in [-0.2, 0) is 24.3 Å². The van der Waals surface area contributed by atoms with Crippen molar-refractivity contribution in [2.75, 3.05) is 19.7 Å². The summed E-state index contributed by atoms with van der Waals surface area (Å²) < 4.78 is 7.01. The molecule has 0 bridgehead atoms. The highest BCUT2D eigenvalue weighted by molar-refractivity contribution is 5.83. The Hall–Kier alpha value is -3.23. The van der Waals surface area contributed by atoms with Gasteiger partial charge in [0.25, 0.3) is 5.56 Å². The van der Waals surface area contributed by atoms with Crippen molar-refractivity contribution in [1.82, 2.24) is 19.4 Å². The van der Waals surface area contributed by atoms with Crippen molar-refractivity contribution in [3.05, 3.63) is 88.5 Å². The maximum atomic E-state index is 14.0. The van der Waals surface area contributed by atoms with Crippen molar-refractivity contribution in [2.45, 2.75) is 44.4 Å². The number of aliphatic hydroxyl groups excluding tert-OH is 1. The predicted molar refractivity (Wildman–Crippen MR) is 133 cm³/mol. The highest BCUT2D eigenvalue weighted by atomic mass is 16.3. The molecule has 2 aromatic heterocycles. The number of piperidine rings is 1. The van der Waals surface area contributed by atoms with Crippen LogP contribution >= 0.6 is 0 Å². The van der Waals surface area contributed by atoms with Crippen molar-refractivity contribution in [1.29, 1.82) is 0 Å². The van der Waals surface area contributed by atoms with Crippen molar-refractivity contribution < 1.29 is 14.3 Å². The number of benzene rings is 1. The normalized spacial score (nSPS) is 26.2. The lowest BCUT2D eigenvalue weighted by Crippen LogP contribution is -2.51. The van der Waals surface area contributed by atoms with E-state index in [2.05, 4.69) is 34.1 Å². The molecule has 4 atom stereocenters. The van der Waals surface area contributed by atoms with E-state index in [4.69, 9.17) is 4.42 Å². The first-order valence-corrected chi connectivity index (χ1v) is 12.9. The molecule has 0 unspecified atom stereocenters. The Morgan fingerprint density at radius 3 is 2.61 bits per heavy atom. The van der Waals surface area contributed by atoms with Crippen LogP contribution in [0.1, 0.15) is 35.8 Å². The smallest absolute Gasteiger partial charge is 0.250 e. The van der Waals surface area contributed by atoms with Gasteiger partial charge in [0.15, 0.2) is 6.39 Å². The summed E-state index contributed by atoms with van der Waals surface area (Å²) in [5.74, 6) is 0.380. The number of likely N-dealkylation sites (tertiary alicyclic amines) is 2. The number of rotatable bonds is 6. The van der Waals surface area contributed by atoms with Gasteiger partial charge >= 0.3 is 0 Å². The number of carbonyl (C=O) groups is 1. The molecule has 0 saturated carbocycles. The van der Waals surface area contributed by atoms with Crippen molar-refractivity contribution >= 4 is 5.91 Å². The zero-order valence-corrected chi connectivity index (χ0v) is 20.3. The largest absolute Gasteiger partial charge is 0.451 e. The second-order valence-corrected chi connectivity index (χ2v) is 10.4. The van der Waals surface area contributed by atoms with Gasteiger partial charge in [0.05, 0.1) is 17.8 Å². The first-order chi connectivity index (χ1) is 17.6. The summed E-state index contributed by atoms with van der Waals surface area (Å²) in [6, 6.07) is 15.3. The Kier molecular flexibility index (Phi) is 6.23. The second-order valence-electron chi connectivity index (χ2n) is 10.4. The third-order valence-electron chi connectivity index (χ3n) is 8.44. The van der Waals surface area contributed by atoms with E-state index >= 15 is 0 Å². The number of amides is 1. The fourth-order valence-electron chi connectivity index (χ4n) is 6.71. The van der Waals surface area contributed by atoms with Gasteiger partial charge in [-0.05, 0) is 36.8 Å². The molecular formula is C28H32N4O4. The van der Waals surface area contributed by atoms with Crippen LogP contribution in [0.15, 0.2) is 70.4 Å². The van der Waals surface area contributed by atoms with E-state index in [-0.39, 0.29) is 36.0 Å². The van der Waals surface area contributed by atoms with Gasteiger partial charge in [-0.25, -0.2) is 4.98 Å². The molecule has 5 heterocycles. The molecule has 3 aliphatic heterocycles. The predicted octanol–water partition coefficient (Wildman–Crippen LogP) is 2.48. The highest BCUT2D eigenvalue weighted by Gasteiger charge is 2.56. The molecule has 8 nitrogen and oxygen atoms in total. The average Bonchev–Trinajstić information content (AvgIpc) is 3.61. The molecule has 0 aliphatic carbocycles. The quantitative estimate of drug-likeness (QED) is 0.573. The summed E-state index contributed by atoms with van der Waals surface area (Å²) in [5, 5.41) is 10.5. The van der Waals surface area contributed by atoms with Gasteiger partial charge in [0, 0.05) is 56.4 Å². The molecule has 188 valence electrons. The van der Waals surface area contributed by atoms with Crippen LogP contribution in [0.4, 0.5) is 0 Å². The molecule has 1 amide bonds. The third-order valence-corrected chi connectivity index (χ3v) is 8.44. The van der Waals surface area contributed by atoms with Crippen molar-refractivity contribution in [3.8, 4) is 0 Å². The first kappa shape index (κ1) is 23.2. The molecule has 3 aliphatic rings. The van der Waals surface area contributed by atoms with Gasteiger partial charge in [-0.2, -0.15) is 0 Å². The lowest BCUT2D eigenvalue weighted by atomic mass is 9.86. The number of fused-ring (bicyclic) bond motifs is 3. The average molecular weight is 489 g/mol. The third kappa shape index (κ3) is 4.08. The molecule has 6 rings (SSSR count). The zero-order chi connectivity index (χ0) is 24.6. The zero-order valence-electron chi connectivity index (χ0n) is 20.3. The van der Waals surface area contributed by atoms with Gasteiger partial charge in [-0.3, -0.25) is 14.5 Å². The van der Waals surface area contributed by atoms with Gasteiger partial charge in [0.2, 0.25) is 5.91 Å². The summed E-state index contributed by atoms with van der Waals surface area (Å²) >= 11 is 0. The number of carbonyl (C=O) groups excluding carboxylic acids is 1. The molecule has 36 heavy (non-hydrogen) atoms. The van der Waals surface area contributed by atoms with E-state index < -0.39 is 6.04 Å². The van der Waals surface area contributed by atoms with E-state index in [1.54, 1.807) is 23.0 Å². The first-order valence-electron chi connectivity index (χ1n) is 12.9. The Labute approximate surface area is 210 Å². The SMILES string of the molecule is O=C([C@@H]1[C@@H](CO)[C@@H]2Cn3c(cccc3=O)[C@@H]2N1Cc1cocn1)N1CCC(Cc2ccccc2)CC1. The van der Waals surface area contributed by atoms with Crippen LogP contribution in [0.3, 0.4) is 0 Å². The van der Waals surface area contributed by atoms with Crippen LogP contribution in [0.2, 0.25) is 0 Å². The molecular weight excluding hydrogens is 456 g/mol. The number of hydrogen-bond donors (Lipinski definition) is 1. The molecule has 1 N–H and O–H groups in total. The summed E-state index contributed by atoms with van der Waals surface area (Å²) in [6.07, 6.45) is 6.00. The van der Waals surface area contributed by atoms with Crippen LogP contribution < -0.4 is 5.56 Å². The van der Waals surface area contributed by atoms with Crippen LogP contribution in [0.5, 0.6) is 0 Å². The Bertz CT molecular complexity index is 1250. The molecule has 0 spiro atoms. The summed E-state index contributed by atoms with van der Waals surface area (Å²) in [4.78, 5) is 35.1. The molecule has 1 aromatic carbocycles. The molecule has 2 saturated heterocycles. The van der Waals surface area contributed by atoms with E-state index in [0.29, 0.717) is 19.0 Å². The fourth-order valence-corrected chi connectivity index (χ4v) is 6.71. The van der Waals surface area contributed by atoms with E-state index in [0.717, 1.165) is 43.7 Å². The van der Waals surface area contributed by atoms with Crippen molar-refractivity contribution in [3.63, 3.8) is 0 Å². The van der Waals surface area contributed by atoms with Gasteiger partial charge in [-0.15, -0.1) is 0 Å². The monoisotopic (exact) mass is 488 g/mol. The van der Waals surface area contributed by atoms with E-state index in [1.807, 2.05) is 17.0 Å². The minimum Gasteiger partial charge on any atom is -0.451 e. The summed E-state index contributed by atoms with van der Waals surface area (Å²) in [7, 11) is 0. The lowest BCUT2D eigenvalue weighted by Gasteiger charge is -2.37. The molecule has 2 fully saturated rings. The topological polar surface area (TPSA) is 91.8 Å². The second kappa shape index (κ2) is 9.67. The van der Waals surface area contributed by atoms with E-state index in [9.17, 15) is 14.7 Å². The minimum atomic E-state index is -0.462. The van der Waals surface area contributed by atoms with Crippen LogP contribution in [-0.4, -0.2) is 56.1 Å². The maximum absolute atomic E-state index is 14.0. The number of oxazole rings is 1. The summed E-state index contributed by atoms with van der Waals surface area (Å²) in [6.45, 7) is 2.31. The molecule has 8 heteroatoms. The van der Waals surface area contributed by atoms with Crippen LogP contribution in [0, 0.1) is 17.8 Å². The van der Waals surface area contributed by atoms with E-state index in [1.165, 1.54) is 12.0 Å². The Morgan fingerprint density at radius 2 is 1.89 bits per heavy atom. The van der Waals surface area contributed by atoms with Gasteiger partial charge < -0.3 is 19.0 Å². The van der Waals surface area contributed by atoms with Gasteiger partial charge in [0.1, 0.15) is 6.26 Å². The highest BCUT2D eigenvalue weighted by Crippen LogP contribution is 2.50. The Balaban J connectivity index is 1.24. The molecule has 0 radical (unpaired) electrons. The Morgan fingerprint density at radius 1 is 1.08 bits per heavy atom. The fraction of sp³-hybridized carbons (Fsp3) is 0.464. The number of nitrogens with zero attached hydrogens (tertiary/aromatic N) is 4. The van der Waals surface area contributed by atoms with Gasteiger partial charge in [-0.1, -0.05) is 36.4 Å². The minimum absolute atomic E-state index is 0.0124.